The molecular formula is C12H21N3S. The minimum Gasteiger partial charge on any atom is -0.375 e. The molecule has 16 heavy (non-hydrogen) atoms. The first-order valence-electron chi connectivity index (χ1n) is 6.12. The summed E-state index contributed by atoms with van der Waals surface area (Å²) >= 11 is 1.67. The predicted molar refractivity (Wildman–Crippen MR) is 69.9 cm³/mol. The number of nitrogens with one attached hydrogen (secondary N) is 1. The van der Waals surface area contributed by atoms with Crippen LogP contribution in [-0.4, -0.2) is 18.1 Å². The smallest absolute Gasteiger partial charge is 0.180 e. The molecule has 3 nitrogen and oxygen atoms in total. The van der Waals surface area contributed by atoms with Gasteiger partial charge in [0.2, 0.25) is 0 Å². The van der Waals surface area contributed by atoms with Crippen LogP contribution in [0.25, 0.3) is 0 Å². The van der Waals surface area contributed by atoms with Gasteiger partial charge < -0.3 is 11.1 Å². The van der Waals surface area contributed by atoms with Gasteiger partial charge in [-0.3, -0.25) is 0 Å². The summed E-state index contributed by atoms with van der Waals surface area (Å²) in [6.07, 6.45) is 3.70. The average Bonchev–Trinajstić information content (AvgIpc) is 2.58. The predicted octanol–water partition coefficient (Wildman–Crippen LogP) is 2.39. The van der Waals surface area contributed by atoms with Crippen molar-refractivity contribution in [2.45, 2.75) is 39.0 Å². The first-order valence-corrected chi connectivity index (χ1v) is 6.94. The molecule has 3 N–H and O–H groups in total. The van der Waals surface area contributed by atoms with E-state index in [1.165, 1.54) is 29.8 Å². The summed E-state index contributed by atoms with van der Waals surface area (Å²) < 4.78 is 0. The maximum Gasteiger partial charge on any atom is 0.180 e. The summed E-state index contributed by atoms with van der Waals surface area (Å²) in [5.74, 6) is 1.29. The SMILES string of the molecule is CC(C)CNCC1CCCc2sc(N)nc21. The number of hydrogen-bond donors (Lipinski definition) is 2. The second kappa shape index (κ2) is 5.15. The molecule has 1 aliphatic carbocycles. The van der Waals surface area contributed by atoms with E-state index in [1.807, 2.05) is 0 Å². The van der Waals surface area contributed by atoms with Crippen LogP contribution >= 0.6 is 11.3 Å². The molecule has 1 aromatic heterocycles. The Morgan fingerprint density at radius 3 is 3.12 bits per heavy atom. The van der Waals surface area contributed by atoms with E-state index in [4.69, 9.17) is 5.73 Å². The van der Waals surface area contributed by atoms with E-state index in [0.717, 1.165) is 18.2 Å². The van der Waals surface area contributed by atoms with Gasteiger partial charge in [0.1, 0.15) is 0 Å². The topological polar surface area (TPSA) is 50.9 Å². The third-order valence-corrected chi connectivity index (χ3v) is 3.99. The summed E-state index contributed by atoms with van der Waals surface area (Å²) in [5.41, 5.74) is 7.05. The fourth-order valence-electron chi connectivity index (χ4n) is 2.27. The zero-order chi connectivity index (χ0) is 11.5. The van der Waals surface area contributed by atoms with Crippen molar-refractivity contribution in [1.82, 2.24) is 10.3 Å². The summed E-state index contributed by atoms with van der Waals surface area (Å²) in [6, 6.07) is 0. The fraction of sp³-hybridized carbons (Fsp3) is 0.750. The standard InChI is InChI=1S/C12H21N3S/c1-8(2)6-14-7-9-4-3-5-10-11(9)15-12(13)16-10/h8-9,14H,3-7H2,1-2H3,(H2,13,15). The van der Waals surface area contributed by atoms with Crippen LogP contribution in [0.3, 0.4) is 0 Å². The van der Waals surface area contributed by atoms with Gasteiger partial charge in [-0.25, -0.2) is 4.98 Å². The van der Waals surface area contributed by atoms with Gasteiger partial charge in [-0.15, -0.1) is 11.3 Å². The average molecular weight is 239 g/mol. The molecule has 0 aliphatic heterocycles. The second-order valence-electron chi connectivity index (χ2n) is 5.00. The van der Waals surface area contributed by atoms with Gasteiger partial charge in [-0.2, -0.15) is 0 Å². The van der Waals surface area contributed by atoms with Crippen molar-refractivity contribution in [3.8, 4) is 0 Å². The lowest BCUT2D eigenvalue weighted by Crippen LogP contribution is -2.27. The highest BCUT2D eigenvalue weighted by Gasteiger charge is 2.23. The van der Waals surface area contributed by atoms with Crippen LogP contribution in [0, 0.1) is 5.92 Å². The molecule has 0 amide bonds. The molecule has 0 saturated carbocycles. The molecule has 0 fully saturated rings. The first-order chi connectivity index (χ1) is 7.66. The lowest BCUT2D eigenvalue weighted by atomic mass is 9.91. The number of nitrogens with zero attached hydrogens (tertiary/aromatic N) is 1. The van der Waals surface area contributed by atoms with Crippen molar-refractivity contribution in [1.29, 1.82) is 0 Å². The number of thiazole rings is 1. The number of fused-ring (bicyclic) bond motifs is 1. The molecule has 1 unspecified atom stereocenters. The quantitative estimate of drug-likeness (QED) is 0.848. The van der Waals surface area contributed by atoms with Crippen LogP contribution in [0.4, 0.5) is 5.13 Å². The molecule has 0 bridgehead atoms. The Kier molecular flexibility index (Phi) is 3.82. The number of nitrogens with two attached hydrogens (primary N) is 1. The Balaban J connectivity index is 1.96. The van der Waals surface area contributed by atoms with Gasteiger partial charge in [-0.05, 0) is 31.7 Å². The fourth-order valence-corrected chi connectivity index (χ4v) is 3.23. The van der Waals surface area contributed by atoms with E-state index in [9.17, 15) is 0 Å². The normalized spacial score (nSPS) is 20.1. The number of aryl methyl sites for hydroxylation is 1. The summed E-state index contributed by atoms with van der Waals surface area (Å²) in [7, 11) is 0. The van der Waals surface area contributed by atoms with E-state index in [-0.39, 0.29) is 0 Å². The van der Waals surface area contributed by atoms with Gasteiger partial charge in [-0.1, -0.05) is 13.8 Å². The Labute approximate surface area is 101 Å². The van der Waals surface area contributed by atoms with E-state index in [2.05, 4.69) is 24.1 Å². The van der Waals surface area contributed by atoms with Crippen molar-refractivity contribution in [3.05, 3.63) is 10.6 Å². The highest BCUT2D eigenvalue weighted by Crippen LogP contribution is 2.35. The molecule has 0 aromatic carbocycles. The van der Waals surface area contributed by atoms with E-state index < -0.39 is 0 Å². The van der Waals surface area contributed by atoms with Gasteiger partial charge in [0, 0.05) is 17.3 Å². The van der Waals surface area contributed by atoms with Crippen LogP contribution in [0.1, 0.15) is 43.2 Å². The summed E-state index contributed by atoms with van der Waals surface area (Å²) in [5, 5.41) is 4.27. The maximum absolute atomic E-state index is 5.78. The third-order valence-electron chi connectivity index (χ3n) is 3.03. The molecule has 4 heteroatoms. The van der Waals surface area contributed by atoms with Crippen molar-refractivity contribution in [2.75, 3.05) is 18.8 Å². The van der Waals surface area contributed by atoms with Gasteiger partial charge >= 0.3 is 0 Å². The Morgan fingerprint density at radius 1 is 1.56 bits per heavy atom. The van der Waals surface area contributed by atoms with E-state index in [0.29, 0.717) is 11.8 Å². The third kappa shape index (κ3) is 2.74. The lowest BCUT2D eigenvalue weighted by Gasteiger charge is -2.21. The van der Waals surface area contributed by atoms with Crippen molar-refractivity contribution < 1.29 is 0 Å². The monoisotopic (exact) mass is 239 g/mol. The lowest BCUT2D eigenvalue weighted by molar-refractivity contribution is 0.473. The maximum atomic E-state index is 5.78. The van der Waals surface area contributed by atoms with E-state index >= 15 is 0 Å². The molecule has 1 heterocycles. The van der Waals surface area contributed by atoms with Crippen LogP contribution in [-0.2, 0) is 6.42 Å². The molecule has 0 saturated heterocycles. The molecular weight excluding hydrogens is 218 g/mol. The Bertz CT molecular complexity index is 346. The zero-order valence-corrected chi connectivity index (χ0v) is 10.9. The first kappa shape index (κ1) is 11.9. The molecule has 2 rings (SSSR count). The second-order valence-corrected chi connectivity index (χ2v) is 6.12. The zero-order valence-electron chi connectivity index (χ0n) is 10.1. The Morgan fingerprint density at radius 2 is 2.38 bits per heavy atom. The van der Waals surface area contributed by atoms with Gasteiger partial charge in [0.15, 0.2) is 5.13 Å². The highest BCUT2D eigenvalue weighted by atomic mass is 32.1. The van der Waals surface area contributed by atoms with Crippen molar-refractivity contribution in [3.63, 3.8) is 0 Å². The summed E-state index contributed by atoms with van der Waals surface area (Å²) in [4.78, 5) is 5.90. The van der Waals surface area contributed by atoms with Crippen LogP contribution in [0.15, 0.2) is 0 Å². The number of nitrogen functional groups attached to an aromatic ring is 1. The molecule has 0 radical (unpaired) electrons. The largest absolute Gasteiger partial charge is 0.375 e. The number of hydrogen-bond acceptors (Lipinski definition) is 4. The molecule has 90 valence electrons. The van der Waals surface area contributed by atoms with Crippen molar-refractivity contribution in [2.24, 2.45) is 5.92 Å². The minimum atomic E-state index is 0.580. The van der Waals surface area contributed by atoms with Crippen LogP contribution in [0.5, 0.6) is 0 Å². The molecule has 0 spiro atoms. The van der Waals surface area contributed by atoms with Gasteiger partial charge in [0.25, 0.3) is 0 Å². The molecule has 1 atom stereocenters. The number of aromatic nitrogens is 1. The molecule has 1 aromatic rings. The number of rotatable bonds is 4. The molecule has 1 aliphatic rings. The highest BCUT2D eigenvalue weighted by molar-refractivity contribution is 7.15. The summed E-state index contributed by atoms with van der Waals surface area (Å²) in [6.45, 7) is 6.61. The number of anilines is 1. The van der Waals surface area contributed by atoms with Crippen molar-refractivity contribution >= 4 is 16.5 Å². The van der Waals surface area contributed by atoms with E-state index in [1.54, 1.807) is 11.3 Å². The Hall–Kier alpha value is -0.610. The minimum absolute atomic E-state index is 0.580. The van der Waals surface area contributed by atoms with Crippen LogP contribution in [0.2, 0.25) is 0 Å². The van der Waals surface area contributed by atoms with Gasteiger partial charge in [0.05, 0.1) is 5.69 Å². The van der Waals surface area contributed by atoms with Crippen LogP contribution < -0.4 is 11.1 Å².